The van der Waals surface area contributed by atoms with Crippen LogP contribution in [0.5, 0.6) is 5.75 Å². The highest BCUT2D eigenvalue weighted by molar-refractivity contribution is 5.95. The first-order valence-corrected chi connectivity index (χ1v) is 10.5. The molecular formula is C26H23FN2O3. The van der Waals surface area contributed by atoms with Gasteiger partial charge in [-0.3, -0.25) is 9.59 Å². The highest BCUT2D eigenvalue weighted by atomic mass is 19.1. The summed E-state index contributed by atoms with van der Waals surface area (Å²) in [4.78, 5) is 25.1. The van der Waals surface area contributed by atoms with Crippen LogP contribution in [-0.2, 0) is 11.3 Å². The number of benzene rings is 3. The number of nitrogens with one attached hydrogen (secondary N) is 1. The van der Waals surface area contributed by atoms with Gasteiger partial charge in [0.25, 0.3) is 11.5 Å². The van der Waals surface area contributed by atoms with Gasteiger partial charge in [-0.2, -0.15) is 0 Å². The van der Waals surface area contributed by atoms with Gasteiger partial charge >= 0.3 is 0 Å². The maximum absolute atomic E-state index is 13.3. The molecule has 1 amide bonds. The second-order valence-electron chi connectivity index (χ2n) is 7.44. The highest BCUT2D eigenvalue weighted by Gasteiger charge is 2.12. The smallest absolute Gasteiger partial charge is 0.262 e. The molecule has 6 heteroatoms. The van der Waals surface area contributed by atoms with Crippen LogP contribution < -0.4 is 15.6 Å². The van der Waals surface area contributed by atoms with Gasteiger partial charge in [0, 0.05) is 29.8 Å². The number of aromatic nitrogens is 1. The van der Waals surface area contributed by atoms with Crippen molar-refractivity contribution in [1.82, 2.24) is 4.57 Å². The van der Waals surface area contributed by atoms with E-state index in [0.717, 1.165) is 28.5 Å². The van der Waals surface area contributed by atoms with Crippen LogP contribution in [0.1, 0.15) is 13.3 Å². The van der Waals surface area contributed by atoms with E-state index in [9.17, 15) is 14.0 Å². The molecule has 0 atom stereocenters. The lowest BCUT2D eigenvalue weighted by Crippen LogP contribution is -2.21. The molecule has 0 radical (unpaired) electrons. The predicted molar refractivity (Wildman–Crippen MR) is 124 cm³/mol. The van der Waals surface area contributed by atoms with Crippen molar-refractivity contribution in [3.63, 3.8) is 0 Å². The number of nitrogens with zero attached hydrogens (tertiary/aromatic N) is 1. The third-order valence-corrected chi connectivity index (χ3v) is 5.09. The molecule has 4 aromatic rings. The summed E-state index contributed by atoms with van der Waals surface area (Å²) in [6, 6.07) is 22.6. The van der Waals surface area contributed by atoms with Gasteiger partial charge in [0.2, 0.25) is 0 Å². The monoisotopic (exact) mass is 430 g/mol. The van der Waals surface area contributed by atoms with Crippen molar-refractivity contribution >= 4 is 22.5 Å². The van der Waals surface area contributed by atoms with Crippen LogP contribution in [0.3, 0.4) is 0 Å². The van der Waals surface area contributed by atoms with Crippen molar-refractivity contribution in [1.29, 1.82) is 0 Å². The lowest BCUT2D eigenvalue weighted by atomic mass is 10.0. The maximum Gasteiger partial charge on any atom is 0.262 e. The van der Waals surface area contributed by atoms with Crippen LogP contribution in [0.2, 0.25) is 0 Å². The highest BCUT2D eigenvalue weighted by Crippen LogP contribution is 2.30. The molecule has 0 fully saturated rings. The summed E-state index contributed by atoms with van der Waals surface area (Å²) < 4.78 is 20.7. The number of anilines is 1. The number of carbonyl (C=O) groups is 1. The fraction of sp³-hybridized carbons (Fsp3) is 0.154. The topological polar surface area (TPSA) is 60.3 Å². The Morgan fingerprint density at radius 1 is 1.00 bits per heavy atom. The van der Waals surface area contributed by atoms with Gasteiger partial charge in [-0.1, -0.05) is 43.3 Å². The minimum atomic E-state index is -0.429. The number of rotatable bonds is 7. The van der Waals surface area contributed by atoms with Gasteiger partial charge in [-0.15, -0.1) is 0 Å². The minimum Gasteiger partial charge on any atom is -0.484 e. The number of halogens is 1. The summed E-state index contributed by atoms with van der Waals surface area (Å²) in [5.74, 6) is -0.359. The standard InChI is InChI=1S/C26H23FN2O3/c1-2-13-29-24-15-21(32-17-25(30)28-20-10-6-9-19(27)14-20)11-12-22(24)23(16-26(29)31)18-7-4-3-5-8-18/h3-12,14-16H,2,13,17H2,1H3,(H,28,30). The third kappa shape index (κ3) is 4.70. The fourth-order valence-corrected chi connectivity index (χ4v) is 3.67. The summed E-state index contributed by atoms with van der Waals surface area (Å²) in [5, 5.41) is 3.53. The molecule has 1 heterocycles. The second-order valence-corrected chi connectivity index (χ2v) is 7.44. The molecule has 0 aliphatic heterocycles. The van der Waals surface area contributed by atoms with E-state index in [-0.39, 0.29) is 12.2 Å². The zero-order chi connectivity index (χ0) is 22.5. The molecule has 0 saturated carbocycles. The Hall–Kier alpha value is -3.93. The van der Waals surface area contributed by atoms with Gasteiger partial charge in [0.05, 0.1) is 5.52 Å². The molecule has 0 bridgehead atoms. The molecule has 1 N–H and O–H groups in total. The van der Waals surface area contributed by atoms with E-state index >= 15 is 0 Å². The Morgan fingerprint density at radius 2 is 1.81 bits per heavy atom. The Morgan fingerprint density at radius 3 is 2.56 bits per heavy atom. The summed E-state index contributed by atoms with van der Waals surface area (Å²) in [6.07, 6.45) is 0.806. The van der Waals surface area contributed by atoms with Gasteiger partial charge in [0.1, 0.15) is 11.6 Å². The summed E-state index contributed by atoms with van der Waals surface area (Å²) >= 11 is 0. The quantitative estimate of drug-likeness (QED) is 0.436. The Bertz CT molecular complexity index is 1320. The van der Waals surface area contributed by atoms with Crippen LogP contribution in [0, 0.1) is 5.82 Å². The number of carbonyl (C=O) groups excluding carboxylic acids is 1. The fourth-order valence-electron chi connectivity index (χ4n) is 3.67. The van der Waals surface area contributed by atoms with E-state index in [2.05, 4.69) is 5.32 Å². The van der Waals surface area contributed by atoms with Crippen LogP contribution in [0.15, 0.2) is 83.7 Å². The third-order valence-electron chi connectivity index (χ3n) is 5.09. The number of hydrogen-bond acceptors (Lipinski definition) is 3. The summed E-state index contributed by atoms with van der Waals surface area (Å²) in [5.41, 5.74) is 2.84. The molecule has 3 aromatic carbocycles. The van der Waals surface area contributed by atoms with E-state index in [0.29, 0.717) is 18.0 Å². The predicted octanol–water partition coefficient (Wildman–Crippen LogP) is 5.24. The first-order chi connectivity index (χ1) is 15.5. The van der Waals surface area contributed by atoms with Crippen LogP contribution >= 0.6 is 0 Å². The maximum atomic E-state index is 13.3. The molecule has 4 rings (SSSR count). The first kappa shape index (κ1) is 21.3. The van der Waals surface area contributed by atoms with E-state index in [1.165, 1.54) is 18.2 Å². The molecule has 0 aliphatic carbocycles. The number of pyridine rings is 1. The Labute approximate surface area is 185 Å². The minimum absolute atomic E-state index is 0.0841. The molecule has 0 unspecified atom stereocenters. The van der Waals surface area contributed by atoms with Crippen LogP contribution in [0.4, 0.5) is 10.1 Å². The van der Waals surface area contributed by atoms with Crippen molar-refractivity contribution in [3.8, 4) is 16.9 Å². The molecule has 162 valence electrons. The van der Waals surface area contributed by atoms with Gasteiger partial charge < -0.3 is 14.6 Å². The average Bonchev–Trinajstić information content (AvgIpc) is 2.80. The van der Waals surface area contributed by atoms with Crippen molar-refractivity contribution in [2.24, 2.45) is 0 Å². The second kappa shape index (κ2) is 9.47. The van der Waals surface area contributed by atoms with Gasteiger partial charge in [-0.05, 0) is 47.9 Å². The Balaban J connectivity index is 1.63. The molecule has 1 aromatic heterocycles. The van der Waals surface area contributed by atoms with E-state index in [1.54, 1.807) is 28.8 Å². The first-order valence-electron chi connectivity index (χ1n) is 10.5. The lowest BCUT2D eigenvalue weighted by molar-refractivity contribution is -0.118. The largest absolute Gasteiger partial charge is 0.484 e. The van der Waals surface area contributed by atoms with Crippen molar-refractivity contribution in [2.45, 2.75) is 19.9 Å². The van der Waals surface area contributed by atoms with Gasteiger partial charge in [0.15, 0.2) is 6.61 Å². The number of amides is 1. The summed E-state index contributed by atoms with van der Waals surface area (Å²) in [7, 11) is 0. The molecular weight excluding hydrogens is 407 g/mol. The summed E-state index contributed by atoms with van der Waals surface area (Å²) in [6.45, 7) is 2.35. The molecule has 0 saturated heterocycles. The molecule has 0 aliphatic rings. The lowest BCUT2D eigenvalue weighted by Gasteiger charge is -2.15. The van der Waals surface area contributed by atoms with Crippen molar-refractivity contribution < 1.29 is 13.9 Å². The molecule has 32 heavy (non-hydrogen) atoms. The van der Waals surface area contributed by atoms with E-state index < -0.39 is 11.7 Å². The molecule has 5 nitrogen and oxygen atoms in total. The zero-order valence-electron chi connectivity index (χ0n) is 17.7. The van der Waals surface area contributed by atoms with Gasteiger partial charge in [-0.25, -0.2) is 4.39 Å². The Kier molecular flexibility index (Phi) is 6.31. The van der Waals surface area contributed by atoms with Crippen LogP contribution in [0.25, 0.3) is 22.0 Å². The number of fused-ring (bicyclic) bond motifs is 1. The van der Waals surface area contributed by atoms with Crippen LogP contribution in [-0.4, -0.2) is 17.1 Å². The van der Waals surface area contributed by atoms with E-state index in [1.807, 2.05) is 43.3 Å². The number of aryl methyl sites for hydroxylation is 1. The number of ether oxygens (including phenoxy) is 1. The average molecular weight is 430 g/mol. The van der Waals surface area contributed by atoms with Crippen molar-refractivity contribution in [2.75, 3.05) is 11.9 Å². The molecule has 0 spiro atoms. The SMILES string of the molecule is CCCn1c(=O)cc(-c2ccccc2)c2ccc(OCC(=O)Nc3cccc(F)c3)cc21. The van der Waals surface area contributed by atoms with E-state index in [4.69, 9.17) is 4.74 Å². The normalized spacial score (nSPS) is 10.8. The number of hydrogen-bond donors (Lipinski definition) is 1. The van der Waals surface area contributed by atoms with Crippen molar-refractivity contribution in [3.05, 3.63) is 95.0 Å². The zero-order valence-corrected chi connectivity index (χ0v) is 17.7.